The summed E-state index contributed by atoms with van der Waals surface area (Å²) in [6.45, 7) is 0.782. The number of benzene rings is 1. The molecule has 0 amide bonds. The van der Waals surface area contributed by atoms with Crippen LogP contribution in [0.5, 0.6) is 0 Å². The van der Waals surface area contributed by atoms with Crippen LogP contribution in [-0.4, -0.2) is 50.1 Å². The summed E-state index contributed by atoms with van der Waals surface area (Å²) >= 11 is 1.13. The SMILES string of the molecule is CO[C@@H]1CCN(S(=O)(=O)c2ccc3sc(C(=O)O)cc3c2)C1. The number of ether oxygens (including phenoxy) is 1. The first-order valence-electron chi connectivity index (χ1n) is 6.71. The lowest BCUT2D eigenvalue weighted by atomic mass is 10.2. The molecule has 1 aliphatic rings. The predicted octanol–water partition coefficient (Wildman–Crippen LogP) is 2.01. The van der Waals surface area contributed by atoms with Gasteiger partial charge in [0.15, 0.2) is 0 Å². The molecule has 8 heteroatoms. The summed E-state index contributed by atoms with van der Waals surface area (Å²) in [6, 6.07) is 6.22. The standard InChI is InChI=1S/C14H15NO5S2/c1-20-10-4-5-15(8-10)22(18,19)11-2-3-12-9(6-11)7-13(21-12)14(16)17/h2-3,6-7,10H,4-5,8H2,1H3,(H,16,17)/t10-/m1/s1. The van der Waals surface area contributed by atoms with E-state index in [4.69, 9.17) is 9.84 Å². The van der Waals surface area contributed by atoms with Crippen molar-refractivity contribution in [1.82, 2.24) is 4.31 Å². The maximum absolute atomic E-state index is 12.6. The molecule has 1 saturated heterocycles. The molecule has 3 rings (SSSR count). The lowest BCUT2D eigenvalue weighted by molar-refractivity contribution is 0.0702. The van der Waals surface area contributed by atoms with Gasteiger partial charge in [0.1, 0.15) is 4.88 Å². The largest absolute Gasteiger partial charge is 0.477 e. The lowest BCUT2D eigenvalue weighted by Crippen LogP contribution is -2.30. The number of thiophene rings is 1. The Kier molecular flexibility index (Phi) is 3.94. The van der Waals surface area contributed by atoms with Crippen LogP contribution in [-0.2, 0) is 14.8 Å². The van der Waals surface area contributed by atoms with Crippen molar-refractivity contribution in [3.63, 3.8) is 0 Å². The third-order valence-corrected chi connectivity index (χ3v) is 6.74. The van der Waals surface area contributed by atoms with E-state index >= 15 is 0 Å². The second kappa shape index (κ2) is 5.62. The molecular formula is C14H15NO5S2. The molecule has 1 aromatic carbocycles. The molecule has 1 atom stereocenters. The first-order chi connectivity index (χ1) is 10.4. The van der Waals surface area contributed by atoms with E-state index in [9.17, 15) is 13.2 Å². The fraction of sp³-hybridized carbons (Fsp3) is 0.357. The first kappa shape index (κ1) is 15.4. The molecule has 2 aromatic rings. The van der Waals surface area contributed by atoms with Crippen LogP contribution in [0.1, 0.15) is 16.1 Å². The van der Waals surface area contributed by atoms with Crippen molar-refractivity contribution < 1.29 is 23.1 Å². The minimum Gasteiger partial charge on any atom is -0.477 e. The number of methoxy groups -OCH3 is 1. The lowest BCUT2D eigenvalue weighted by Gasteiger charge is -2.16. The number of carbonyl (C=O) groups is 1. The number of hydrogen-bond donors (Lipinski definition) is 1. The zero-order valence-electron chi connectivity index (χ0n) is 11.9. The van der Waals surface area contributed by atoms with E-state index in [1.807, 2.05) is 0 Å². The second-order valence-corrected chi connectivity index (χ2v) is 8.15. The zero-order chi connectivity index (χ0) is 15.9. The summed E-state index contributed by atoms with van der Waals surface area (Å²) in [6.07, 6.45) is 0.609. The van der Waals surface area contributed by atoms with Crippen molar-refractivity contribution in [2.24, 2.45) is 0 Å². The van der Waals surface area contributed by atoms with Gasteiger partial charge in [0.25, 0.3) is 0 Å². The molecule has 0 bridgehead atoms. The molecule has 0 saturated carbocycles. The highest BCUT2D eigenvalue weighted by Crippen LogP contribution is 2.30. The van der Waals surface area contributed by atoms with Crippen molar-refractivity contribution in [2.75, 3.05) is 20.2 Å². The summed E-state index contributed by atoms with van der Waals surface area (Å²) in [5.74, 6) is -1.01. The average Bonchev–Trinajstić information content (AvgIpc) is 3.13. The molecule has 22 heavy (non-hydrogen) atoms. The smallest absolute Gasteiger partial charge is 0.345 e. The molecule has 0 radical (unpaired) electrons. The number of fused-ring (bicyclic) bond motifs is 1. The van der Waals surface area contributed by atoms with Gasteiger partial charge in [-0.1, -0.05) is 0 Å². The summed E-state index contributed by atoms with van der Waals surface area (Å²) in [5, 5.41) is 9.64. The molecule has 0 unspecified atom stereocenters. The molecule has 1 fully saturated rings. The van der Waals surface area contributed by atoms with Crippen molar-refractivity contribution in [2.45, 2.75) is 17.4 Å². The van der Waals surface area contributed by atoms with Gasteiger partial charge in [0.05, 0.1) is 11.0 Å². The van der Waals surface area contributed by atoms with Crippen LogP contribution < -0.4 is 0 Å². The Morgan fingerprint density at radius 3 is 2.82 bits per heavy atom. The summed E-state index contributed by atoms with van der Waals surface area (Å²) in [5.41, 5.74) is 0. The minimum absolute atomic E-state index is 0.0710. The Balaban J connectivity index is 1.97. The Hall–Kier alpha value is -1.48. The Bertz CT molecular complexity index is 827. The molecule has 118 valence electrons. The molecule has 1 aromatic heterocycles. The molecule has 2 heterocycles. The fourth-order valence-electron chi connectivity index (χ4n) is 2.54. The minimum atomic E-state index is -3.57. The molecule has 6 nitrogen and oxygen atoms in total. The van der Waals surface area contributed by atoms with E-state index in [1.54, 1.807) is 13.2 Å². The number of sulfonamides is 1. The monoisotopic (exact) mass is 341 g/mol. The van der Waals surface area contributed by atoms with Crippen LogP contribution in [0.25, 0.3) is 10.1 Å². The van der Waals surface area contributed by atoms with Crippen LogP contribution in [0.4, 0.5) is 0 Å². The van der Waals surface area contributed by atoms with E-state index in [0.717, 1.165) is 16.0 Å². The zero-order valence-corrected chi connectivity index (χ0v) is 13.5. The first-order valence-corrected chi connectivity index (χ1v) is 8.97. The summed E-state index contributed by atoms with van der Waals surface area (Å²) < 4.78 is 32.6. The van der Waals surface area contributed by atoms with Gasteiger partial charge in [-0.3, -0.25) is 0 Å². The number of carboxylic acid groups (broad SMARTS) is 1. The van der Waals surface area contributed by atoms with Crippen molar-refractivity contribution in [3.05, 3.63) is 29.1 Å². The van der Waals surface area contributed by atoms with Crippen molar-refractivity contribution in [3.8, 4) is 0 Å². The number of nitrogens with zero attached hydrogens (tertiary/aromatic N) is 1. The maximum Gasteiger partial charge on any atom is 0.345 e. The van der Waals surface area contributed by atoms with Gasteiger partial charge in [0.2, 0.25) is 10.0 Å². The molecule has 0 aliphatic carbocycles. The van der Waals surface area contributed by atoms with Gasteiger partial charge in [-0.05, 0) is 36.1 Å². The van der Waals surface area contributed by atoms with Crippen LogP contribution in [0.2, 0.25) is 0 Å². The molecular weight excluding hydrogens is 326 g/mol. The highest BCUT2D eigenvalue weighted by atomic mass is 32.2. The number of rotatable bonds is 4. The normalized spacial score (nSPS) is 19.8. The van der Waals surface area contributed by atoms with Gasteiger partial charge in [-0.2, -0.15) is 4.31 Å². The van der Waals surface area contributed by atoms with E-state index in [1.165, 1.54) is 22.5 Å². The fourth-order valence-corrected chi connectivity index (χ4v) is 4.95. The number of hydrogen-bond acceptors (Lipinski definition) is 5. The van der Waals surface area contributed by atoms with E-state index in [0.29, 0.717) is 24.9 Å². The van der Waals surface area contributed by atoms with Gasteiger partial charge in [-0.15, -0.1) is 11.3 Å². The van der Waals surface area contributed by atoms with Gasteiger partial charge < -0.3 is 9.84 Å². The molecule has 1 N–H and O–H groups in total. The van der Waals surface area contributed by atoms with Crippen LogP contribution >= 0.6 is 11.3 Å². The third kappa shape index (κ3) is 2.63. The predicted molar refractivity (Wildman–Crippen MR) is 83.0 cm³/mol. The van der Waals surface area contributed by atoms with E-state index in [-0.39, 0.29) is 15.9 Å². The topological polar surface area (TPSA) is 83.9 Å². The van der Waals surface area contributed by atoms with E-state index < -0.39 is 16.0 Å². The third-order valence-electron chi connectivity index (χ3n) is 3.78. The molecule has 1 aliphatic heterocycles. The van der Waals surface area contributed by atoms with Crippen LogP contribution in [0.15, 0.2) is 29.2 Å². The summed E-state index contributed by atoms with van der Waals surface area (Å²) in [4.78, 5) is 11.4. The molecule has 0 spiro atoms. The van der Waals surface area contributed by atoms with Crippen LogP contribution in [0.3, 0.4) is 0 Å². The van der Waals surface area contributed by atoms with Crippen molar-refractivity contribution >= 4 is 37.4 Å². The van der Waals surface area contributed by atoms with Gasteiger partial charge >= 0.3 is 5.97 Å². The summed E-state index contributed by atoms with van der Waals surface area (Å²) in [7, 11) is -2.00. The Morgan fingerprint density at radius 2 is 2.18 bits per heavy atom. The van der Waals surface area contributed by atoms with Gasteiger partial charge in [-0.25, -0.2) is 13.2 Å². The number of aromatic carboxylic acids is 1. The Morgan fingerprint density at radius 1 is 1.41 bits per heavy atom. The van der Waals surface area contributed by atoms with E-state index in [2.05, 4.69) is 0 Å². The Labute approximate surface area is 132 Å². The maximum atomic E-state index is 12.6. The van der Waals surface area contributed by atoms with Crippen LogP contribution in [0, 0.1) is 0 Å². The van der Waals surface area contributed by atoms with Crippen molar-refractivity contribution in [1.29, 1.82) is 0 Å². The highest BCUT2D eigenvalue weighted by molar-refractivity contribution is 7.89. The van der Waals surface area contributed by atoms with Gasteiger partial charge in [0, 0.05) is 24.9 Å². The highest BCUT2D eigenvalue weighted by Gasteiger charge is 2.32. The second-order valence-electron chi connectivity index (χ2n) is 5.12. The number of carboxylic acids is 1. The average molecular weight is 341 g/mol. The quantitative estimate of drug-likeness (QED) is 0.920.